The zero-order valence-corrected chi connectivity index (χ0v) is 5.83. The molecule has 0 spiro atoms. The quantitative estimate of drug-likeness (QED) is 0.544. The van der Waals surface area contributed by atoms with Gasteiger partial charge in [0.25, 0.3) is 0 Å². The summed E-state index contributed by atoms with van der Waals surface area (Å²) < 4.78 is 5.04. The molecule has 54 valence electrons. The predicted octanol–water partition coefficient (Wildman–Crippen LogP) is -0.0624. The highest BCUT2D eigenvalue weighted by molar-refractivity contribution is 5.57. The summed E-state index contributed by atoms with van der Waals surface area (Å²) in [5.41, 5.74) is 5.31. The molecule has 0 rings (SSSR count). The van der Waals surface area contributed by atoms with Gasteiger partial charge in [-0.05, 0) is 13.8 Å². The third kappa shape index (κ3) is 3.21. The van der Waals surface area contributed by atoms with Gasteiger partial charge in [0.2, 0.25) is 0 Å². The fourth-order valence-electron chi connectivity index (χ4n) is 0.485. The van der Waals surface area contributed by atoms with E-state index in [4.69, 9.17) is 10.5 Å². The van der Waals surface area contributed by atoms with Crippen LogP contribution in [-0.4, -0.2) is 25.0 Å². The van der Waals surface area contributed by atoms with E-state index in [2.05, 4.69) is 0 Å². The fourth-order valence-corrected chi connectivity index (χ4v) is 0.485. The molecule has 3 nitrogen and oxygen atoms in total. The van der Waals surface area contributed by atoms with Gasteiger partial charge >= 0.3 is 0 Å². The van der Waals surface area contributed by atoms with Crippen LogP contribution in [0.1, 0.15) is 13.8 Å². The molecule has 0 radical (unpaired) electrons. The molecule has 2 unspecified atom stereocenters. The molecule has 0 amide bonds. The van der Waals surface area contributed by atoms with Crippen LogP contribution in [0.25, 0.3) is 0 Å². The molecule has 0 heterocycles. The highest BCUT2D eigenvalue weighted by atomic mass is 16.5. The van der Waals surface area contributed by atoms with Crippen molar-refractivity contribution in [2.45, 2.75) is 26.0 Å². The van der Waals surface area contributed by atoms with Gasteiger partial charge in [-0.1, -0.05) is 0 Å². The van der Waals surface area contributed by atoms with E-state index in [0.717, 1.165) is 0 Å². The van der Waals surface area contributed by atoms with Crippen LogP contribution >= 0.6 is 0 Å². The lowest BCUT2D eigenvalue weighted by Gasteiger charge is -2.13. The number of aldehydes is 1. The summed E-state index contributed by atoms with van der Waals surface area (Å²) in [6, 6.07) is -0.482. The lowest BCUT2D eigenvalue weighted by Crippen LogP contribution is -2.35. The molecule has 0 aliphatic carbocycles. The van der Waals surface area contributed by atoms with Gasteiger partial charge in [0.05, 0.1) is 12.1 Å². The Kier molecular flexibility index (Phi) is 4.26. The Morgan fingerprint density at radius 2 is 2.33 bits per heavy atom. The van der Waals surface area contributed by atoms with Crippen molar-refractivity contribution in [2.75, 3.05) is 6.61 Å². The molecule has 0 aromatic heterocycles. The van der Waals surface area contributed by atoms with E-state index in [1.54, 1.807) is 6.92 Å². The van der Waals surface area contributed by atoms with E-state index in [1.165, 1.54) is 0 Å². The summed E-state index contributed by atoms with van der Waals surface area (Å²) in [5.74, 6) is 0. The molecule has 2 N–H and O–H groups in total. The smallest absolute Gasteiger partial charge is 0.139 e. The largest absolute Gasteiger partial charge is 0.377 e. The molecule has 9 heavy (non-hydrogen) atoms. The van der Waals surface area contributed by atoms with Crippen molar-refractivity contribution in [3.8, 4) is 0 Å². The van der Waals surface area contributed by atoms with Gasteiger partial charge in [-0.3, -0.25) is 0 Å². The first-order valence-corrected chi connectivity index (χ1v) is 3.04. The van der Waals surface area contributed by atoms with Gasteiger partial charge in [-0.25, -0.2) is 0 Å². The van der Waals surface area contributed by atoms with Crippen LogP contribution in [0.4, 0.5) is 0 Å². The summed E-state index contributed by atoms with van der Waals surface area (Å²) in [7, 11) is 0. The molecule has 0 aromatic rings. The van der Waals surface area contributed by atoms with E-state index >= 15 is 0 Å². The second-order valence-corrected chi connectivity index (χ2v) is 1.87. The standard InChI is InChI=1S/C6H13NO2/c1-3-9-5(2)6(7)4-8/h4-6H,3,7H2,1-2H3. The van der Waals surface area contributed by atoms with Crippen LogP contribution in [0.2, 0.25) is 0 Å². The van der Waals surface area contributed by atoms with E-state index in [0.29, 0.717) is 12.9 Å². The van der Waals surface area contributed by atoms with Gasteiger partial charge in [-0.15, -0.1) is 0 Å². The second kappa shape index (κ2) is 4.47. The van der Waals surface area contributed by atoms with Crippen molar-refractivity contribution >= 4 is 6.29 Å². The lowest BCUT2D eigenvalue weighted by atomic mass is 10.2. The Hall–Kier alpha value is -0.410. The molecule has 0 bridgehead atoms. The minimum atomic E-state index is -0.482. The average molecular weight is 131 g/mol. The molecule has 3 heteroatoms. The minimum Gasteiger partial charge on any atom is -0.377 e. The molecule has 0 fully saturated rings. The molecule has 0 saturated heterocycles. The van der Waals surface area contributed by atoms with Crippen LogP contribution in [0.15, 0.2) is 0 Å². The maximum Gasteiger partial charge on any atom is 0.139 e. The molecular weight excluding hydrogens is 118 g/mol. The SMILES string of the molecule is CCOC(C)C(N)C=O. The molecule has 0 aliphatic rings. The summed E-state index contributed by atoms with van der Waals surface area (Å²) in [4.78, 5) is 10.0. The van der Waals surface area contributed by atoms with Crippen molar-refractivity contribution in [3.05, 3.63) is 0 Å². The Morgan fingerprint density at radius 1 is 1.78 bits per heavy atom. The van der Waals surface area contributed by atoms with E-state index < -0.39 is 6.04 Å². The van der Waals surface area contributed by atoms with Crippen molar-refractivity contribution in [2.24, 2.45) is 5.73 Å². The topological polar surface area (TPSA) is 52.3 Å². The third-order valence-corrected chi connectivity index (χ3v) is 1.13. The van der Waals surface area contributed by atoms with E-state index in [9.17, 15) is 4.79 Å². The van der Waals surface area contributed by atoms with Crippen molar-refractivity contribution in [1.82, 2.24) is 0 Å². The highest BCUT2D eigenvalue weighted by Gasteiger charge is 2.09. The number of carbonyl (C=O) groups is 1. The van der Waals surface area contributed by atoms with Gasteiger partial charge in [0.1, 0.15) is 6.29 Å². The van der Waals surface area contributed by atoms with E-state index in [-0.39, 0.29) is 6.10 Å². The summed E-state index contributed by atoms with van der Waals surface area (Å²) in [5, 5.41) is 0. The Balaban J connectivity index is 3.44. The molecule has 0 aromatic carbocycles. The van der Waals surface area contributed by atoms with Crippen molar-refractivity contribution in [3.63, 3.8) is 0 Å². The summed E-state index contributed by atoms with van der Waals surface area (Å²) >= 11 is 0. The highest BCUT2D eigenvalue weighted by Crippen LogP contribution is 1.91. The van der Waals surface area contributed by atoms with Crippen LogP contribution in [0.5, 0.6) is 0 Å². The summed E-state index contributed by atoms with van der Waals surface area (Å²) in [6.45, 7) is 4.25. The third-order valence-electron chi connectivity index (χ3n) is 1.13. The second-order valence-electron chi connectivity index (χ2n) is 1.87. The molecule has 0 aliphatic heterocycles. The average Bonchev–Trinajstić information content (AvgIpc) is 1.87. The van der Waals surface area contributed by atoms with Crippen molar-refractivity contribution in [1.29, 1.82) is 0 Å². The number of rotatable bonds is 4. The molecule has 2 atom stereocenters. The van der Waals surface area contributed by atoms with Crippen LogP contribution in [0.3, 0.4) is 0 Å². The zero-order chi connectivity index (χ0) is 7.28. The van der Waals surface area contributed by atoms with Gasteiger partial charge < -0.3 is 15.3 Å². The normalized spacial score (nSPS) is 16.8. The number of hydrogen-bond acceptors (Lipinski definition) is 3. The van der Waals surface area contributed by atoms with Crippen LogP contribution in [-0.2, 0) is 9.53 Å². The maximum atomic E-state index is 10.0. The number of hydrogen-bond donors (Lipinski definition) is 1. The molecule has 0 saturated carbocycles. The number of ether oxygens (including phenoxy) is 1. The van der Waals surface area contributed by atoms with Crippen LogP contribution < -0.4 is 5.73 Å². The van der Waals surface area contributed by atoms with Gasteiger partial charge in [0, 0.05) is 6.61 Å². The zero-order valence-electron chi connectivity index (χ0n) is 5.83. The van der Waals surface area contributed by atoms with Crippen molar-refractivity contribution < 1.29 is 9.53 Å². The maximum absolute atomic E-state index is 10.0. The first-order valence-electron chi connectivity index (χ1n) is 3.04. The van der Waals surface area contributed by atoms with Crippen LogP contribution in [0, 0.1) is 0 Å². The number of nitrogens with two attached hydrogens (primary N) is 1. The fraction of sp³-hybridized carbons (Fsp3) is 0.833. The lowest BCUT2D eigenvalue weighted by molar-refractivity contribution is -0.111. The molecular formula is C6H13NO2. The first-order chi connectivity index (χ1) is 4.22. The Labute approximate surface area is 55.2 Å². The van der Waals surface area contributed by atoms with E-state index in [1.807, 2.05) is 6.92 Å². The minimum absolute atomic E-state index is 0.160. The number of carbonyl (C=O) groups excluding carboxylic acids is 1. The Morgan fingerprint density at radius 3 is 2.67 bits per heavy atom. The Bertz CT molecular complexity index is 85.1. The predicted molar refractivity (Wildman–Crippen MR) is 35.1 cm³/mol. The first kappa shape index (κ1) is 8.59. The monoisotopic (exact) mass is 131 g/mol. The summed E-state index contributed by atoms with van der Waals surface area (Å²) in [6.07, 6.45) is 0.535. The van der Waals surface area contributed by atoms with Gasteiger partial charge in [0.15, 0.2) is 0 Å². The van der Waals surface area contributed by atoms with Gasteiger partial charge in [-0.2, -0.15) is 0 Å².